The zero-order valence-corrected chi connectivity index (χ0v) is 20.2. The van der Waals surface area contributed by atoms with Gasteiger partial charge in [-0.2, -0.15) is 18.4 Å². The number of nitriles is 1. The zero-order valence-electron chi connectivity index (χ0n) is 17.9. The molecule has 12 heteroatoms. The van der Waals surface area contributed by atoms with E-state index in [-0.39, 0.29) is 43.8 Å². The van der Waals surface area contributed by atoms with Gasteiger partial charge in [0, 0.05) is 16.8 Å². The van der Waals surface area contributed by atoms with Crippen LogP contribution in [0.25, 0.3) is 22.8 Å². The fourth-order valence-corrected chi connectivity index (χ4v) is 3.25. The molecule has 0 aliphatic carbocycles. The Morgan fingerprint density at radius 2 is 1.51 bits per heavy atom. The van der Waals surface area contributed by atoms with Gasteiger partial charge < -0.3 is 15.0 Å². The van der Waals surface area contributed by atoms with Crippen molar-refractivity contribution in [3.8, 4) is 28.8 Å². The molecule has 0 unspecified atom stereocenters. The van der Waals surface area contributed by atoms with E-state index in [0.717, 1.165) is 6.07 Å². The number of nitrogens with zero attached hydrogens (tertiary/aromatic N) is 6. The standard InChI is InChI=1S/C23H13F5N6.Pt/c1-22(2,16-7-3-5-13(30-16)12-9-10-18(24)33-20(12)25)17-8-4-6-14(31-17)21-32-15(11-29)19(34-21)23(26,27)28;/h3-8,10H,1-2H3;/q-2;+2. The Balaban J connectivity index is 0.00000342. The Hall–Kier alpha value is -3.51. The quantitative estimate of drug-likeness (QED) is 0.176. The van der Waals surface area contributed by atoms with Crippen molar-refractivity contribution in [1.82, 2.24) is 24.9 Å². The van der Waals surface area contributed by atoms with Gasteiger partial charge in [-0.05, 0) is 43.6 Å². The van der Waals surface area contributed by atoms with Crippen LogP contribution in [-0.4, -0.2) is 19.9 Å². The topological polar surface area (TPSA) is 89.5 Å². The summed E-state index contributed by atoms with van der Waals surface area (Å²) in [6, 6.07) is 14.2. The minimum Gasteiger partial charge on any atom is -0.430 e. The molecule has 4 rings (SSSR count). The molecule has 6 nitrogen and oxygen atoms in total. The molecule has 0 amide bonds. The normalized spacial score (nSPS) is 11.6. The maximum absolute atomic E-state index is 14.1. The third kappa shape index (κ3) is 5.12. The van der Waals surface area contributed by atoms with Crippen LogP contribution in [0.1, 0.15) is 36.6 Å². The summed E-state index contributed by atoms with van der Waals surface area (Å²) in [5, 5.41) is 8.99. The van der Waals surface area contributed by atoms with Crippen LogP contribution in [0, 0.1) is 29.3 Å². The van der Waals surface area contributed by atoms with Gasteiger partial charge in [0.15, 0.2) is 0 Å². The minimum atomic E-state index is -4.83. The molecule has 0 spiro atoms. The third-order valence-corrected chi connectivity index (χ3v) is 5.05. The first kappa shape index (κ1) is 26.1. The summed E-state index contributed by atoms with van der Waals surface area (Å²) in [7, 11) is 0. The van der Waals surface area contributed by atoms with Crippen molar-refractivity contribution < 1.29 is 43.0 Å². The fraction of sp³-hybridized carbons (Fsp3) is 0.174. The second-order valence-corrected chi connectivity index (χ2v) is 7.68. The zero-order chi connectivity index (χ0) is 24.7. The van der Waals surface area contributed by atoms with Crippen LogP contribution in [0.2, 0.25) is 0 Å². The van der Waals surface area contributed by atoms with Crippen LogP contribution in [0.3, 0.4) is 0 Å². The first-order valence-electron chi connectivity index (χ1n) is 9.72. The number of alkyl halides is 3. The Morgan fingerprint density at radius 1 is 0.914 bits per heavy atom. The Labute approximate surface area is 210 Å². The second-order valence-electron chi connectivity index (χ2n) is 7.68. The molecule has 180 valence electrons. The van der Waals surface area contributed by atoms with E-state index in [1.54, 1.807) is 38.1 Å². The molecule has 0 saturated carbocycles. The molecule has 0 atom stereocenters. The maximum Gasteiger partial charge on any atom is 2.00 e. The summed E-state index contributed by atoms with van der Waals surface area (Å²) in [4.78, 5) is 19.2. The first-order valence-corrected chi connectivity index (χ1v) is 9.72. The van der Waals surface area contributed by atoms with Crippen molar-refractivity contribution in [2.75, 3.05) is 0 Å². The fourth-order valence-electron chi connectivity index (χ4n) is 3.25. The minimum absolute atomic E-state index is 0. The number of aromatic nitrogens is 5. The Kier molecular flexibility index (Phi) is 7.18. The van der Waals surface area contributed by atoms with Crippen molar-refractivity contribution in [3.63, 3.8) is 0 Å². The third-order valence-electron chi connectivity index (χ3n) is 5.05. The molecular weight excluding hydrogens is 650 g/mol. The van der Waals surface area contributed by atoms with E-state index >= 15 is 0 Å². The number of imidazole rings is 1. The molecule has 0 fully saturated rings. The summed E-state index contributed by atoms with van der Waals surface area (Å²) in [5.74, 6) is -2.41. The molecule has 0 aromatic carbocycles. The summed E-state index contributed by atoms with van der Waals surface area (Å²) in [5.41, 5.74) is -2.17. The van der Waals surface area contributed by atoms with Crippen LogP contribution < -0.4 is 4.98 Å². The predicted molar refractivity (Wildman–Crippen MR) is 109 cm³/mol. The number of halogens is 5. The molecule has 0 aliphatic rings. The van der Waals surface area contributed by atoms with Crippen molar-refractivity contribution in [3.05, 3.63) is 83.2 Å². The maximum atomic E-state index is 14.1. The van der Waals surface area contributed by atoms with Crippen LogP contribution in [0.4, 0.5) is 22.0 Å². The summed E-state index contributed by atoms with van der Waals surface area (Å²) in [6.45, 7) is 3.53. The number of rotatable bonds is 4. The van der Waals surface area contributed by atoms with Gasteiger partial charge in [-0.15, -0.1) is 6.07 Å². The molecule has 0 radical (unpaired) electrons. The SMILES string of the molecule is CC(C)(c1cccc(-c2nc(C#N)c(C(F)(F)F)[n-]2)n1)c1cccc(-c2[c-]cc(F)nc2F)n1.[Pt+2]. The average molecular weight is 663 g/mol. The van der Waals surface area contributed by atoms with Gasteiger partial charge in [0.2, 0.25) is 0 Å². The van der Waals surface area contributed by atoms with Gasteiger partial charge in [-0.25, -0.2) is 8.78 Å². The van der Waals surface area contributed by atoms with E-state index in [9.17, 15) is 22.0 Å². The summed E-state index contributed by atoms with van der Waals surface area (Å²) < 4.78 is 66.7. The first-order chi connectivity index (χ1) is 16.0. The number of hydrogen-bond acceptors (Lipinski definition) is 5. The molecule has 0 aliphatic heterocycles. The van der Waals surface area contributed by atoms with E-state index < -0.39 is 34.9 Å². The Bertz CT molecular complexity index is 1420. The second kappa shape index (κ2) is 9.62. The van der Waals surface area contributed by atoms with Crippen LogP contribution in [-0.2, 0) is 32.7 Å². The van der Waals surface area contributed by atoms with Gasteiger partial charge in [-0.3, -0.25) is 9.97 Å². The van der Waals surface area contributed by atoms with Crippen molar-refractivity contribution in [2.24, 2.45) is 0 Å². The van der Waals surface area contributed by atoms with Crippen molar-refractivity contribution in [2.45, 2.75) is 25.4 Å². The molecule has 4 heterocycles. The largest absolute Gasteiger partial charge is 2.00 e. The molecule has 0 saturated heterocycles. The number of pyridine rings is 3. The Morgan fingerprint density at radius 3 is 2.06 bits per heavy atom. The molecular formula is C23H13F5N6Pt. The van der Waals surface area contributed by atoms with E-state index in [2.05, 4.69) is 31.0 Å². The van der Waals surface area contributed by atoms with Gasteiger partial charge >= 0.3 is 27.2 Å². The van der Waals surface area contributed by atoms with Gasteiger partial charge in [0.1, 0.15) is 11.9 Å². The van der Waals surface area contributed by atoms with Gasteiger partial charge in [0.05, 0.1) is 23.2 Å². The van der Waals surface area contributed by atoms with Crippen LogP contribution in [0.5, 0.6) is 0 Å². The molecule has 4 aromatic heterocycles. The van der Waals surface area contributed by atoms with Crippen LogP contribution >= 0.6 is 0 Å². The molecule has 0 N–H and O–H groups in total. The van der Waals surface area contributed by atoms with E-state index in [1.807, 2.05) is 0 Å². The molecule has 35 heavy (non-hydrogen) atoms. The van der Waals surface area contributed by atoms with Crippen molar-refractivity contribution >= 4 is 0 Å². The van der Waals surface area contributed by atoms with Gasteiger partial charge in [0.25, 0.3) is 0 Å². The average Bonchev–Trinajstić information content (AvgIpc) is 3.25. The van der Waals surface area contributed by atoms with E-state index in [1.165, 1.54) is 18.2 Å². The smallest absolute Gasteiger partial charge is 0.430 e. The van der Waals surface area contributed by atoms with Crippen molar-refractivity contribution in [1.29, 1.82) is 5.26 Å². The van der Waals surface area contributed by atoms with Gasteiger partial charge in [-0.1, -0.05) is 29.8 Å². The summed E-state index contributed by atoms with van der Waals surface area (Å²) in [6.07, 6.45) is -4.83. The number of hydrogen-bond donors (Lipinski definition) is 0. The van der Waals surface area contributed by atoms with E-state index in [4.69, 9.17) is 5.26 Å². The van der Waals surface area contributed by atoms with Crippen LogP contribution in [0.15, 0.2) is 42.5 Å². The van der Waals surface area contributed by atoms with E-state index in [0.29, 0.717) is 11.4 Å². The summed E-state index contributed by atoms with van der Waals surface area (Å²) >= 11 is 0. The monoisotopic (exact) mass is 663 g/mol. The predicted octanol–water partition coefficient (Wildman–Crippen LogP) is 4.85. The molecule has 4 aromatic rings. The molecule has 0 bridgehead atoms.